The van der Waals surface area contributed by atoms with Gasteiger partial charge in [0.2, 0.25) is 0 Å². The highest BCUT2D eigenvalue weighted by Crippen LogP contribution is 2.29. The first-order chi connectivity index (χ1) is 5.27. The van der Waals surface area contributed by atoms with E-state index in [2.05, 4.69) is 25.1 Å². The van der Waals surface area contributed by atoms with Gasteiger partial charge in [0, 0.05) is 6.04 Å². The Labute approximate surface area is 79.4 Å². The molecule has 1 atom stereocenters. The maximum absolute atomic E-state index is 5.90. The van der Waals surface area contributed by atoms with Gasteiger partial charge in [0.25, 0.3) is 0 Å². The van der Waals surface area contributed by atoms with E-state index < -0.39 is 0 Å². The van der Waals surface area contributed by atoms with Gasteiger partial charge in [-0.2, -0.15) is 0 Å². The van der Waals surface area contributed by atoms with E-state index in [1.54, 1.807) is 0 Å². The minimum absolute atomic E-state index is 0. The molecule has 1 aromatic carbocycles. The minimum Gasteiger partial charge on any atom is -0.324 e. The summed E-state index contributed by atoms with van der Waals surface area (Å²) in [6, 6.07) is 6.86. The van der Waals surface area contributed by atoms with Crippen molar-refractivity contribution in [3.8, 4) is 0 Å². The molecule has 0 fully saturated rings. The van der Waals surface area contributed by atoms with Crippen molar-refractivity contribution in [2.24, 2.45) is 5.73 Å². The summed E-state index contributed by atoms with van der Waals surface area (Å²) in [6.45, 7) is 2.13. The number of rotatable bonds is 0. The third kappa shape index (κ3) is 1.47. The molecule has 2 rings (SSSR count). The monoisotopic (exact) mass is 183 g/mol. The summed E-state index contributed by atoms with van der Waals surface area (Å²) >= 11 is 0. The SMILES string of the molecule is Cc1ccc2c(c1)CC[C@@H]2N.Cl. The normalized spacial score (nSPS) is 20.0. The van der Waals surface area contributed by atoms with Crippen molar-refractivity contribution in [3.63, 3.8) is 0 Å². The molecule has 66 valence electrons. The molecule has 1 aromatic rings. The summed E-state index contributed by atoms with van der Waals surface area (Å²) in [5.74, 6) is 0. The molecule has 2 heteroatoms. The van der Waals surface area contributed by atoms with Gasteiger partial charge in [-0.25, -0.2) is 0 Å². The predicted octanol–water partition coefficient (Wildman–Crippen LogP) is 2.36. The minimum atomic E-state index is 0. The van der Waals surface area contributed by atoms with Crippen LogP contribution in [0.2, 0.25) is 0 Å². The van der Waals surface area contributed by atoms with Crippen LogP contribution in [0.15, 0.2) is 18.2 Å². The molecule has 0 amide bonds. The Morgan fingerprint density at radius 3 is 2.92 bits per heavy atom. The molecular formula is C10H14ClN. The molecule has 0 radical (unpaired) electrons. The second-order valence-electron chi connectivity index (χ2n) is 3.35. The smallest absolute Gasteiger partial charge is 0.0300 e. The highest BCUT2D eigenvalue weighted by molar-refractivity contribution is 5.85. The Morgan fingerprint density at radius 1 is 1.42 bits per heavy atom. The zero-order valence-electron chi connectivity index (χ0n) is 7.21. The van der Waals surface area contributed by atoms with Crippen molar-refractivity contribution in [1.82, 2.24) is 0 Å². The largest absolute Gasteiger partial charge is 0.324 e. The lowest BCUT2D eigenvalue weighted by Gasteiger charge is -2.03. The summed E-state index contributed by atoms with van der Waals surface area (Å²) in [5.41, 5.74) is 10.1. The fraction of sp³-hybridized carbons (Fsp3) is 0.400. The third-order valence-corrected chi connectivity index (χ3v) is 2.42. The van der Waals surface area contributed by atoms with Gasteiger partial charge in [0.05, 0.1) is 0 Å². The molecule has 0 heterocycles. The number of benzene rings is 1. The molecule has 0 aromatic heterocycles. The van der Waals surface area contributed by atoms with E-state index in [9.17, 15) is 0 Å². The van der Waals surface area contributed by atoms with E-state index in [4.69, 9.17) is 5.73 Å². The van der Waals surface area contributed by atoms with Gasteiger partial charge < -0.3 is 5.73 Å². The third-order valence-electron chi connectivity index (χ3n) is 2.42. The maximum Gasteiger partial charge on any atom is 0.0300 e. The molecule has 1 aliphatic rings. The predicted molar refractivity (Wildman–Crippen MR) is 53.7 cm³/mol. The molecule has 2 N–H and O–H groups in total. The number of fused-ring (bicyclic) bond motifs is 1. The first-order valence-electron chi connectivity index (χ1n) is 4.12. The van der Waals surface area contributed by atoms with E-state index in [0.29, 0.717) is 6.04 Å². The van der Waals surface area contributed by atoms with E-state index in [1.165, 1.54) is 16.7 Å². The van der Waals surface area contributed by atoms with Crippen LogP contribution < -0.4 is 5.73 Å². The number of hydrogen-bond acceptors (Lipinski definition) is 1. The standard InChI is InChI=1S/C10H13N.ClH/c1-7-2-4-9-8(6-7)3-5-10(9)11;/h2,4,6,10H,3,5,11H2,1H3;1H/t10-;/m0./s1. The summed E-state index contributed by atoms with van der Waals surface area (Å²) in [4.78, 5) is 0. The Kier molecular flexibility index (Phi) is 2.76. The van der Waals surface area contributed by atoms with E-state index in [1.807, 2.05) is 0 Å². The van der Waals surface area contributed by atoms with E-state index in [0.717, 1.165) is 12.8 Å². The summed E-state index contributed by atoms with van der Waals surface area (Å²) < 4.78 is 0. The molecule has 1 nitrogen and oxygen atoms in total. The van der Waals surface area contributed by atoms with Crippen LogP contribution >= 0.6 is 12.4 Å². The lowest BCUT2D eigenvalue weighted by molar-refractivity contribution is 0.713. The summed E-state index contributed by atoms with van der Waals surface area (Å²) in [7, 11) is 0. The molecule has 0 bridgehead atoms. The molecule has 0 aliphatic heterocycles. The molecule has 0 spiro atoms. The highest BCUT2D eigenvalue weighted by Gasteiger charge is 2.17. The van der Waals surface area contributed by atoms with Gasteiger partial charge in [-0.15, -0.1) is 12.4 Å². The Morgan fingerprint density at radius 2 is 2.17 bits per heavy atom. The molecule has 1 aliphatic carbocycles. The van der Waals surface area contributed by atoms with Gasteiger partial charge in [-0.1, -0.05) is 23.8 Å². The quantitative estimate of drug-likeness (QED) is 0.657. The van der Waals surface area contributed by atoms with Crippen LogP contribution in [0.1, 0.15) is 29.2 Å². The van der Waals surface area contributed by atoms with Crippen molar-refractivity contribution in [1.29, 1.82) is 0 Å². The van der Waals surface area contributed by atoms with Gasteiger partial charge in [0.15, 0.2) is 0 Å². The second-order valence-corrected chi connectivity index (χ2v) is 3.35. The lowest BCUT2D eigenvalue weighted by Crippen LogP contribution is -2.04. The summed E-state index contributed by atoms with van der Waals surface area (Å²) in [6.07, 6.45) is 2.29. The van der Waals surface area contributed by atoms with Crippen LogP contribution in [-0.4, -0.2) is 0 Å². The summed E-state index contributed by atoms with van der Waals surface area (Å²) in [5, 5.41) is 0. The molecular weight excluding hydrogens is 170 g/mol. The zero-order chi connectivity index (χ0) is 7.84. The zero-order valence-corrected chi connectivity index (χ0v) is 8.03. The van der Waals surface area contributed by atoms with E-state index in [-0.39, 0.29) is 12.4 Å². The Balaban J connectivity index is 0.000000720. The average molecular weight is 184 g/mol. The van der Waals surface area contributed by atoms with Crippen molar-refractivity contribution in [2.45, 2.75) is 25.8 Å². The second kappa shape index (κ2) is 3.46. The first-order valence-corrected chi connectivity index (χ1v) is 4.12. The number of halogens is 1. The number of aryl methyl sites for hydroxylation is 2. The molecule has 0 saturated carbocycles. The molecule has 0 unspecified atom stereocenters. The lowest BCUT2D eigenvalue weighted by atomic mass is 10.1. The maximum atomic E-state index is 5.90. The highest BCUT2D eigenvalue weighted by atomic mass is 35.5. The van der Waals surface area contributed by atoms with Crippen LogP contribution in [0.25, 0.3) is 0 Å². The van der Waals surface area contributed by atoms with Crippen LogP contribution in [0.5, 0.6) is 0 Å². The fourth-order valence-electron chi connectivity index (χ4n) is 1.78. The van der Waals surface area contributed by atoms with Gasteiger partial charge in [-0.05, 0) is 30.9 Å². The number of hydrogen-bond donors (Lipinski definition) is 1. The van der Waals surface area contributed by atoms with Crippen LogP contribution in [0.4, 0.5) is 0 Å². The Bertz CT molecular complexity index is 283. The molecule has 0 saturated heterocycles. The van der Waals surface area contributed by atoms with Crippen LogP contribution in [0.3, 0.4) is 0 Å². The van der Waals surface area contributed by atoms with Crippen molar-refractivity contribution in [3.05, 3.63) is 34.9 Å². The van der Waals surface area contributed by atoms with Crippen molar-refractivity contribution < 1.29 is 0 Å². The van der Waals surface area contributed by atoms with Gasteiger partial charge in [-0.3, -0.25) is 0 Å². The van der Waals surface area contributed by atoms with Crippen molar-refractivity contribution in [2.75, 3.05) is 0 Å². The average Bonchev–Trinajstić information content (AvgIpc) is 2.32. The Hall–Kier alpha value is -0.530. The first kappa shape index (κ1) is 9.56. The van der Waals surface area contributed by atoms with Crippen LogP contribution in [0, 0.1) is 6.92 Å². The van der Waals surface area contributed by atoms with Gasteiger partial charge in [0.1, 0.15) is 0 Å². The molecule has 12 heavy (non-hydrogen) atoms. The fourth-order valence-corrected chi connectivity index (χ4v) is 1.78. The topological polar surface area (TPSA) is 26.0 Å². The van der Waals surface area contributed by atoms with Crippen LogP contribution in [-0.2, 0) is 6.42 Å². The van der Waals surface area contributed by atoms with Gasteiger partial charge >= 0.3 is 0 Å². The number of nitrogens with two attached hydrogens (primary N) is 1. The van der Waals surface area contributed by atoms with E-state index >= 15 is 0 Å². The van der Waals surface area contributed by atoms with Crippen molar-refractivity contribution >= 4 is 12.4 Å².